The fourth-order valence-corrected chi connectivity index (χ4v) is 3.71. The number of halogens is 1. The normalized spacial score (nSPS) is 12.4. The van der Waals surface area contributed by atoms with Crippen molar-refractivity contribution in [3.05, 3.63) is 58.6 Å². The summed E-state index contributed by atoms with van der Waals surface area (Å²) in [6.45, 7) is 1.87. The number of aryl methyl sites for hydroxylation is 1. The molecule has 2 aromatic heterocycles. The number of nitrogens with one attached hydrogen (secondary N) is 1. The van der Waals surface area contributed by atoms with Gasteiger partial charge in [0.1, 0.15) is 0 Å². The van der Waals surface area contributed by atoms with Gasteiger partial charge in [-0.3, -0.25) is 9.78 Å². The molecule has 0 atom stereocenters. The summed E-state index contributed by atoms with van der Waals surface area (Å²) in [5.41, 5.74) is 3.44. The standard InChI is InChI=1S/C16H12ClN5OS/c1-9-6-11(4-5-18-9)19-16(23)15-13-8-24-14-3-2-10(17)7-12(14)22(13)21-20-15/h2-7H,8H2,1H3,(H,18,19,23). The number of thioether (sulfide) groups is 1. The second kappa shape index (κ2) is 5.92. The van der Waals surface area contributed by atoms with Crippen LogP contribution in [0.5, 0.6) is 0 Å². The van der Waals surface area contributed by atoms with Gasteiger partial charge in [-0.1, -0.05) is 16.8 Å². The zero-order valence-electron chi connectivity index (χ0n) is 12.7. The number of hydrogen-bond donors (Lipinski definition) is 1. The quantitative estimate of drug-likeness (QED) is 0.760. The fraction of sp³-hybridized carbons (Fsp3) is 0.125. The van der Waals surface area contributed by atoms with E-state index in [1.807, 2.05) is 25.1 Å². The third-order valence-corrected chi connectivity index (χ3v) is 4.96. The van der Waals surface area contributed by atoms with Gasteiger partial charge < -0.3 is 5.32 Å². The Kier molecular flexibility index (Phi) is 3.74. The summed E-state index contributed by atoms with van der Waals surface area (Å²) in [5.74, 6) is 0.340. The van der Waals surface area contributed by atoms with Crippen LogP contribution in [0.4, 0.5) is 5.69 Å². The van der Waals surface area contributed by atoms with Gasteiger partial charge in [0.05, 0.1) is 11.4 Å². The smallest absolute Gasteiger partial charge is 0.278 e. The Morgan fingerprint density at radius 2 is 2.21 bits per heavy atom. The van der Waals surface area contributed by atoms with E-state index in [-0.39, 0.29) is 5.91 Å². The highest BCUT2D eigenvalue weighted by Crippen LogP contribution is 2.36. The van der Waals surface area contributed by atoms with E-state index in [1.54, 1.807) is 34.8 Å². The Hall–Kier alpha value is -2.38. The summed E-state index contributed by atoms with van der Waals surface area (Å²) < 4.78 is 1.68. The van der Waals surface area contributed by atoms with Crippen LogP contribution in [0, 0.1) is 6.92 Å². The number of rotatable bonds is 2. The first-order valence-corrected chi connectivity index (χ1v) is 8.59. The average molecular weight is 358 g/mol. The zero-order valence-corrected chi connectivity index (χ0v) is 14.2. The SMILES string of the molecule is Cc1cc(NC(=O)c2nnn3c2CSc2ccc(Cl)cc2-3)ccn1. The molecule has 1 aliphatic rings. The number of amides is 1. The molecule has 3 aromatic rings. The van der Waals surface area contributed by atoms with Gasteiger partial charge in [-0.25, -0.2) is 4.68 Å². The lowest BCUT2D eigenvalue weighted by Crippen LogP contribution is -2.16. The topological polar surface area (TPSA) is 72.7 Å². The van der Waals surface area contributed by atoms with Gasteiger partial charge in [-0.2, -0.15) is 0 Å². The Morgan fingerprint density at radius 3 is 3.04 bits per heavy atom. The lowest BCUT2D eigenvalue weighted by molar-refractivity contribution is 0.102. The van der Waals surface area contributed by atoms with Crippen LogP contribution >= 0.6 is 23.4 Å². The van der Waals surface area contributed by atoms with E-state index in [0.717, 1.165) is 22.0 Å². The Bertz CT molecular complexity index is 955. The predicted molar refractivity (Wildman–Crippen MR) is 92.9 cm³/mol. The lowest BCUT2D eigenvalue weighted by Gasteiger charge is -2.17. The monoisotopic (exact) mass is 357 g/mol. The van der Waals surface area contributed by atoms with E-state index in [4.69, 9.17) is 11.6 Å². The van der Waals surface area contributed by atoms with Crippen molar-refractivity contribution in [1.29, 1.82) is 0 Å². The predicted octanol–water partition coefficient (Wildman–Crippen LogP) is 3.48. The van der Waals surface area contributed by atoms with Crippen molar-refractivity contribution in [2.45, 2.75) is 17.6 Å². The van der Waals surface area contributed by atoms with E-state index < -0.39 is 0 Å². The molecule has 1 amide bonds. The van der Waals surface area contributed by atoms with E-state index in [1.165, 1.54) is 0 Å². The molecule has 0 saturated heterocycles. The van der Waals surface area contributed by atoms with Crippen molar-refractivity contribution >= 4 is 35.0 Å². The van der Waals surface area contributed by atoms with Crippen LogP contribution in [0.25, 0.3) is 5.69 Å². The Labute approximate surface area is 147 Å². The summed E-state index contributed by atoms with van der Waals surface area (Å²) in [6, 6.07) is 9.17. The molecule has 8 heteroatoms. The molecule has 0 bridgehead atoms. The molecular weight excluding hydrogens is 346 g/mol. The first kappa shape index (κ1) is 15.2. The van der Waals surface area contributed by atoms with Crippen LogP contribution in [-0.4, -0.2) is 25.9 Å². The second-order valence-corrected chi connectivity index (χ2v) is 6.79. The fourth-order valence-electron chi connectivity index (χ4n) is 2.54. The van der Waals surface area contributed by atoms with E-state index in [0.29, 0.717) is 22.2 Å². The highest BCUT2D eigenvalue weighted by molar-refractivity contribution is 7.98. The second-order valence-electron chi connectivity index (χ2n) is 5.34. The number of carbonyl (C=O) groups is 1. The van der Waals surface area contributed by atoms with Gasteiger partial charge >= 0.3 is 0 Å². The molecule has 0 saturated carbocycles. The van der Waals surface area contributed by atoms with E-state index >= 15 is 0 Å². The van der Waals surface area contributed by atoms with E-state index in [2.05, 4.69) is 20.6 Å². The van der Waals surface area contributed by atoms with Gasteiger partial charge in [-0.05, 0) is 37.3 Å². The van der Waals surface area contributed by atoms with Crippen LogP contribution in [0.2, 0.25) is 5.02 Å². The van der Waals surface area contributed by atoms with Crippen molar-refractivity contribution in [2.75, 3.05) is 5.32 Å². The largest absolute Gasteiger partial charge is 0.320 e. The minimum atomic E-state index is -0.284. The molecule has 120 valence electrons. The minimum absolute atomic E-state index is 0.284. The zero-order chi connectivity index (χ0) is 16.7. The summed E-state index contributed by atoms with van der Waals surface area (Å²) in [4.78, 5) is 17.7. The van der Waals surface area contributed by atoms with Crippen molar-refractivity contribution in [1.82, 2.24) is 20.0 Å². The maximum atomic E-state index is 12.6. The molecule has 0 unspecified atom stereocenters. The van der Waals surface area contributed by atoms with Crippen molar-refractivity contribution in [2.24, 2.45) is 0 Å². The molecule has 1 aromatic carbocycles. The molecule has 4 rings (SSSR count). The molecule has 24 heavy (non-hydrogen) atoms. The van der Waals surface area contributed by atoms with Crippen molar-refractivity contribution in [3.8, 4) is 5.69 Å². The lowest BCUT2D eigenvalue weighted by atomic mass is 10.2. The minimum Gasteiger partial charge on any atom is -0.320 e. The van der Waals surface area contributed by atoms with Crippen LogP contribution in [0.1, 0.15) is 21.9 Å². The molecule has 3 heterocycles. The number of nitrogens with zero attached hydrogens (tertiary/aromatic N) is 4. The van der Waals surface area contributed by atoms with Crippen LogP contribution < -0.4 is 5.32 Å². The summed E-state index contributed by atoms with van der Waals surface area (Å²) in [5, 5.41) is 11.7. The van der Waals surface area contributed by atoms with Gasteiger partial charge in [-0.15, -0.1) is 16.9 Å². The third-order valence-electron chi connectivity index (χ3n) is 3.65. The average Bonchev–Trinajstić information content (AvgIpc) is 2.99. The molecule has 1 aliphatic heterocycles. The molecule has 0 spiro atoms. The van der Waals surface area contributed by atoms with Crippen LogP contribution in [-0.2, 0) is 5.75 Å². The molecular formula is C16H12ClN5OS. The number of fused-ring (bicyclic) bond motifs is 3. The van der Waals surface area contributed by atoms with Gasteiger partial charge in [0.25, 0.3) is 5.91 Å². The number of hydrogen-bond acceptors (Lipinski definition) is 5. The highest BCUT2D eigenvalue weighted by atomic mass is 35.5. The Balaban J connectivity index is 1.68. The highest BCUT2D eigenvalue weighted by Gasteiger charge is 2.25. The first-order chi connectivity index (χ1) is 11.6. The molecule has 1 N–H and O–H groups in total. The molecule has 0 fully saturated rings. The summed E-state index contributed by atoms with van der Waals surface area (Å²) in [6.07, 6.45) is 1.65. The van der Waals surface area contributed by atoms with Crippen molar-refractivity contribution in [3.63, 3.8) is 0 Å². The van der Waals surface area contributed by atoms with Crippen LogP contribution in [0.15, 0.2) is 41.4 Å². The van der Waals surface area contributed by atoms with E-state index in [9.17, 15) is 4.79 Å². The molecule has 0 aliphatic carbocycles. The number of benzene rings is 1. The van der Waals surface area contributed by atoms with Gasteiger partial charge in [0, 0.05) is 33.2 Å². The number of pyridine rings is 1. The first-order valence-electron chi connectivity index (χ1n) is 7.23. The Morgan fingerprint density at radius 1 is 1.33 bits per heavy atom. The third kappa shape index (κ3) is 2.65. The number of aromatic nitrogens is 4. The van der Waals surface area contributed by atoms with Gasteiger partial charge in [0.2, 0.25) is 0 Å². The summed E-state index contributed by atoms with van der Waals surface area (Å²) in [7, 11) is 0. The number of carbonyl (C=O) groups excluding carboxylic acids is 1. The van der Waals surface area contributed by atoms with Crippen molar-refractivity contribution < 1.29 is 4.79 Å². The van der Waals surface area contributed by atoms with Gasteiger partial charge in [0.15, 0.2) is 5.69 Å². The summed E-state index contributed by atoms with van der Waals surface area (Å²) >= 11 is 7.71. The maximum Gasteiger partial charge on any atom is 0.278 e. The molecule has 6 nitrogen and oxygen atoms in total. The van der Waals surface area contributed by atoms with Crippen LogP contribution in [0.3, 0.4) is 0 Å². The number of anilines is 1. The maximum absolute atomic E-state index is 12.6. The molecule has 0 radical (unpaired) electrons.